The number of likely N-dealkylation sites (N-methyl/N-ethyl adjacent to an activating group) is 1. The highest BCUT2D eigenvalue weighted by Gasteiger charge is 2.28. The molecule has 25 heavy (non-hydrogen) atoms. The largest absolute Gasteiger partial charge is 0.496 e. The molecule has 0 aromatic heterocycles. The smallest absolute Gasteiger partial charge is 0.222 e. The second kappa shape index (κ2) is 7.13. The van der Waals surface area contributed by atoms with Crippen LogP contribution in [0.5, 0.6) is 11.5 Å². The molecule has 1 unspecified atom stereocenters. The van der Waals surface area contributed by atoms with Crippen LogP contribution in [0.2, 0.25) is 0 Å². The van der Waals surface area contributed by atoms with Crippen LogP contribution in [0.4, 0.5) is 4.39 Å². The average Bonchev–Trinajstić information content (AvgIpc) is 2.91. The minimum absolute atomic E-state index is 0.0349. The SMILES string of the molecule is COc1ccc(C)cc1-c1cc(F)cc(OCC2CCC(=O)N2C)c1. The number of carbonyl (C=O) groups excluding carboxylic acids is 1. The number of nitrogens with zero attached hydrogens (tertiary/aromatic N) is 1. The third-order valence-corrected chi connectivity index (χ3v) is 4.61. The Morgan fingerprint density at radius 3 is 2.72 bits per heavy atom. The van der Waals surface area contributed by atoms with Crippen molar-refractivity contribution < 1.29 is 18.7 Å². The van der Waals surface area contributed by atoms with Crippen LogP contribution in [0.3, 0.4) is 0 Å². The summed E-state index contributed by atoms with van der Waals surface area (Å²) in [4.78, 5) is 13.3. The van der Waals surface area contributed by atoms with Gasteiger partial charge in [-0.15, -0.1) is 0 Å². The second-order valence-electron chi connectivity index (χ2n) is 6.39. The number of benzene rings is 2. The lowest BCUT2D eigenvalue weighted by Gasteiger charge is -2.20. The molecule has 1 atom stereocenters. The predicted molar refractivity (Wildman–Crippen MR) is 94.4 cm³/mol. The van der Waals surface area contributed by atoms with Gasteiger partial charge in [-0.2, -0.15) is 0 Å². The molecule has 0 spiro atoms. The zero-order chi connectivity index (χ0) is 18.0. The van der Waals surface area contributed by atoms with E-state index in [2.05, 4.69) is 0 Å². The van der Waals surface area contributed by atoms with Gasteiger partial charge in [-0.25, -0.2) is 4.39 Å². The summed E-state index contributed by atoms with van der Waals surface area (Å²) in [5.74, 6) is 0.888. The highest BCUT2D eigenvalue weighted by molar-refractivity contribution is 5.78. The Balaban J connectivity index is 1.84. The number of hydrogen-bond acceptors (Lipinski definition) is 3. The fourth-order valence-corrected chi connectivity index (χ4v) is 3.10. The molecule has 5 heteroatoms. The number of hydrogen-bond donors (Lipinski definition) is 0. The quantitative estimate of drug-likeness (QED) is 0.829. The lowest BCUT2D eigenvalue weighted by molar-refractivity contribution is -0.127. The Hall–Kier alpha value is -2.56. The molecule has 1 aliphatic rings. The Morgan fingerprint density at radius 2 is 2.04 bits per heavy atom. The van der Waals surface area contributed by atoms with Gasteiger partial charge >= 0.3 is 0 Å². The molecule has 0 radical (unpaired) electrons. The number of aryl methyl sites for hydroxylation is 1. The summed E-state index contributed by atoms with van der Waals surface area (Å²) in [5.41, 5.74) is 2.58. The molecule has 4 nitrogen and oxygen atoms in total. The van der Waals surface area contributed by atoms with Gasteiger partial charge < -0.3 is 14.4 Å². The van der Waals surface area contributed by atoms with Crippen LogP contribution in [-0.2, 0) is 4.79 Å². The standard InChI is InChI=1S/C20H22FNO3/c1-13-4-6-19(24-3)18(8-13)14-9-15(21)11-17(10-14)25-12-16-5-7-20(23)22(16)2/h4,6,8-11,16H,5,7,12H2,1-3H3. The Bertz CT molecular complexity index is 791. The number of carbonyl (C=O) groups is 1. The van der Waals surface area contributed by atoms with Gasteiger partial charge in [-0.3, -0.25) is 4.79 Å². The monoisotopic (exact) mass is 343 g/mol. The van der Waals surface area contributed by atoms with E-state index in [1.165, 1.54) is 12.1 Å². The van der Waals surface area contributed by atoms with E-state index in [-0.39, 0.29) is 17.8 Å². The van der Waals surface area contributed by atoms with Gasteiger partial charge in [0.2, 0.25) is 5.91 Å². The van der Waals surface area contributed by atoms with E-state index in [4.69, 9.17) is 9.47 Å². The summed E-state index contributed by atoms with van der Waals surface area (Å²) >= 11 is 0. The zero-order valence-corrected chi connectivity index (χ0v) is 14.7. The maximum Gasteiger partial charge on any atom is 0.222 e. The molecule has 0 aliphatic carbocycles. The minimum Gasteiger partial charge on any atom is -0.496 e. The summed E-state index contributed by atoms with van der Waals surface area (Å²) in [5, 5.41) is 0. The highest BCUT2D eigenvalue weighted by atomic mass is 19.1. The van der Waals surface area contributed by atoms with Crippen LogP contribution >= 0.6 is 0 Å². The van der Waals surface area contributed by atoms with Crippen molar-refractivity contribution in [2.75, 3.05) is 20.8 Å². The molecule has 132 valence electrons. The van der Waals surface area contributed by atoms with Crippen LogP contribution in [0.25, 0.3) is 11.1 Å². The first-order chi connectivity index (χ1) is 12.0. The molecular formula is C20H22FNO3. The first-order valence-corrected chi connectivity index (χ1v) is 8.32. The van der Waals surface area contributed by atoms with E-state index >= 15 is 0 Å². The van der Waals surface area contributed by atoms with Crippen molar-refractivity contribution in [3.63, 3.8) is 0 Å². The van der Waals surface area contributed by atoms with Crippen LogP contribution in [0.1, 0.15) is 18.4 Å². The van der Waals surface area contributed by atoms with Gasteiger partial charge in [-0.05, 0) is 43.2 Å². The first kappa shape index (κ1) is 17.3. The zero-order valence-electron chi connectivity index (χ0n) is 14.7. The number of rotatable bonds is 5. The van der Waals surface area contributed by atoms with Crippen molar-refractivity contribution in [2.24, 2.45) is 0 Å². The fourth-order valence-electron chi connectivity index (χ4n) is 3.10. The van der Waals surface area contributed by atoms with Gasteiger partial charge in [-0.1, -0.05) is 11.6 Å². The summed E-state index contributed by atoms with van der Waals surface area (Å²) in [6.45, 7) is 2.34. The van der Waals surface area contributed by atoms with Crippen molar-refractivity contribution in [1.29, 1.82) is 0 Å². The van der Waals surface area contributed by atoms with Crippen LogP contribution in [-0.4, -0.2) is 37.6 Å². The molecular weight excluding hydrogens is 321 g/mol. The van der Waals surface area contributed by atoms with Gasteiger partial charge in [0.05, 0.1) is 13.2 Å². The molecule has 1 fully saturated rings. The maximum absolute atomic E-state index is 14.1. The summed E-state index contributed by atoms with van der Waals surface area (Å²) in [7, 11) is 3.37. The molecule has 2 aromatic rings. The van der Waals surface area contributed by atoms with Crippen molar-refractivity contribution >= 4 is 5.91 Å². The number of ether oxygens (including phenoxy) is 2. The van der Waals surface area contributed by atoms with E-state index in [1.54, 1.807) is 25.1 Å². The molecule has 0 bridgehead atoms. The molecule has 3 rings (SSSR count). The molecule has 0 N–H and O–H groups in total. The third-order valence-electron chi connectivity index (χ3n) is 4.61. The van der Waals surface area contributed by atoms with E-state index in [1.807, 2.05) is 25.1 Å². The topological polar surface area (TPSA) is 38.8 Å². The normalized spacial score (nSPS) is 17.0. The minimum atomic E-state index is -0.369. The van der Waals surface area contributed by atoms with Crippen molar-refractivity contribution in [2.45, 2.75) is 25.8 Å². The number of methoxy groups -OCH3 is 1. The molecule has 0 saturated carbocycles. The molecule has 1 aliphatic heterocycles. The third kappa shape index (κ3) is 3.76. The summed E-state index contributed by atoms with van der Waals surface area (Å²) in [6, 6.07) is 10.4. The van der Waals surface area contributed by atoms with Crippen molar-refractivity contribution in [1.82, 2.24) is 4.90 Å². The highest BCUT2D eigenvalue weighted by Crippen LogP contribution is 2.33. The summed E-state index contributed by atoms with van der Waals surface area (Å²) < 4.78 is 25.3. The average molecular weight is 343 g/mol. The molecule has 1 saturated heterocycles. The van der Waals surface area contributed by atoms with Gasteiger partial charge in [0.15, 0.2) is 0 Å². The van der Waals surface area contributed by atoms with Gasteiger partial charge in [0.25, 0.3) is 0 Å². The van der Waals surface area contributed by atoms with Gasteiger partial charge in [0.1, 0.15) is 23.9 Å². The van der Waals surface area contributed by atoms with E-state index in [0.717, 1.165) is 17.5 Å². The van der Waals surface area contributed by atoms with E-state index in [9.17, 15) is 9.18 Å². The lowest BCUT2D eigenvalue weighted by Crippen LogP contribution is -2.33. The van der Waals surface area contributed by atoms with E-state index in [0.29, 0.717) is 30.1 Å². The molecule has 1 amide bonds. The van der Waals surface area contributed by atoms with Gasteiger partial charge in [0, 0.05) is 25.1 Å². The van der Waals surface area contributed by atoms with Crippen LogP contribution in [0.15, 0.2) is 36.4 Å². The Kier molecular flexibility index (Phi) is 4.93. The number of amides is 1. The van der Waals surface area contributed by atoms with Crippen molar-refractivity contribution in [3.8, 4) is 22.6 Å². The lowest BCUT2D eigenvalue weighted by atomic mass is 10.0. The van der Waals surface area contributed by atoms with Crippen LogP contribution in [0, 0.1) is 12.7 Å². The van der Waals surface area contributed by atoms with Crippen LogP contribution < -0.4 is 9.47 Å². The number of halogens is 1. The number of likely N-dealkylation sites (tertiary alicyclic amines) is 1. The first-order valence-electron chi connectivity index (χ1n) is 8.32. The van der Waals surface area contributed by atoms with E-state index < -0.39 is 0 Å². The fraction of sp³-hybridized carbons (Fsp3) is 0.350. The molecule has 1 heterocycles. The summed E-state index contributed by atoms with van der Waals surface area (Å²) in [6.07, 6.45) is 1.31. The maximum atomic E-state index is 14.1. The Labute approximate surface area is 147 Å². The second-order valence-corrected chi connectivity index (χ2v) is 6.39. The molecule has 2 aromatic carbocycles. The van der Waals surface area contributed by atoms with Crippen molar-refractivity contribution in [3.05, 3.63) is 47.8 Å². The predicted octanol–water partition coefficient (Wildman–Crippen LogP) is 3.81. The Morgan fingerprint density at radius 1 is 1.24 bits per heavy atom.